The van der Waals surface area contributed by atoms with Crippen molar-refractivity contribution in [1.82, 2.24) is 9.80 Å². The number of ketones is 1. The fourth-order valence-electron chi connectivity index (χ4n) is 4.84. The summed E-state index contributed by atoms with van der Waals surface area (Å²) in [5, 5.41) is 21.0. The highest BCUT2D eigenvalue weighted by Gasteiger charge is 2.45. The van der Waals surface area contributed by atoms with Crippen LogP contribution in [0.4, 0.5) is 0 Å². The second kappa shape index (κ2) is 9.89. The average molecular weight is 465 g/mol. The van der Waals surface area contributed by atoms with Crippen LogP contribution in [0.3, 0.4) is 0 Å². The molecule has 0 radical (unpaired) electrons. The molecule has 2 N–H and O–H groups in total. The van der Waals surface area contributed by atoms with Crippen molar-refractivity contribution < 1.29 is 24.5 Å². The maximum absolute atomic E-state index is 13.2. The molecule has 7 nitrogen and oxygen atoms in total. The van der Waals surface area contributed by atoms with E-state index >= 15 is 0 Å². The fraction of sp³-hybridized carbons (Fsp3) is 0.407. The Hall–Kier alpha value is -3.32. The lowest BCUT2D eigenvalue weighted by atomic mass is 9.94. The minimum Gasteiger partial charge on any atom is -0.508 e. The van der Waals surface area contributed by atoms with Gasteiger partial charge in [-0.25, -0.2) is 0 Å². The molecule has 4 rings (SSSR count). The summed E-state index contributed by atoms with van der Waals surface area (Å²) in [4.78, 5) is 30.1. The van der Waals surface area contributed by atoms with E-state index in [0.717, 1.165) is 37.4 Å². The van der Waals surface area contributed by atoms with Crippen LogP contribution in [0.15, 0.2) is 48.0 Å². The van der Waals surface area contributed by atoms with Gasteiger partial charge < -0.3 is 24.7 Å². The molecule has 7 heteroatoms. The summed E-state index contributed by atoms with van der Waals surface area (Å²) in [6.07, 6.45) is 1.48. The number of nitrogens with zero attached hydrogens (tertiary/aromatic N) is 2. The number of phenols is 1. The molecule has 0 spiro atoms. The van der Waals surface area contributed by atoms with E-state index < -0.39 is 17.7 Å². The average Bonchev–Trinajstić information content (AvgIpc) is 3.32. The van der Waals surface area contributed by atoms with Gasteiger partial charge in [0.25, 0.3) is 11.7 Å². The number of hydrogen-bond donors (Lipinski definition) is 2. The van der Waals surface area contributed by atoms with Crippen molar-refractivity contribution in [2.45, 2.75) is 45.8 Å². The number of likely N-dealkylation sites (tertiary alicyclic amines) is 1. The largest absolute Gasteiger partial charge is 0.508 e. The van der Waals surface area contributed by atoms with Crippen LogP contribution in [0, 0.1) is 0 Å². The van der Waals surface area contributed by atoms with Gasteiger partial charge in [-0.05, 0) is 74.4 Å². The number of ether oxygens (including phenoxy) is 1. The van der Waals surface area contributed by atoms with Crippen LogP contribution >= 0.6 is 0 Å². The van der Waals surface area contributed by atoms with Gasteiger partial charge >= 0.3 is 0 Å². The molecule has 2 aliphatic heterocycles. The third-order valence-corrected chi connectivity index (χ3v) is 6.69. The minimum absolute atomic E-state index is 0.0563. The Labute approximate surface area is 200 Å². The minimum atomic E-state index is -0.722. The van der Waals surface area contributed by atoms with Crippen molar-refractivity contribution in [1.29, 1.82) is 0 Å². The zero-order chi connectivity index (χ0) is 24.4. The lowest BCUT2D eigenvalue weighted by Crippen LogP contribution is -2.33. The first kappa shape index (κ1) is 23.8. The number of phenolic OH excluding ortho intramolecular Hbond substituents is 1. The third-order valence-electron chi connectivity index (χ3n) is 6.69. The molecule has 0 aliphatic carbocycles. The third kappa shape index (κ3) is 4.53. The van der Waals surface area contributed by atoms with Crippen LogP contribution in [-0.4, -0.2) is 64.0 Å². The summed E-state index contributed by atoms with van der Waals surface area (Å²) in [5.41, 5.74) is 2.19. The number of Topliss-reactive ketones (excluding diaryl/α,β-unsaturated/α-hetero) is 1. The number of aromatic hydroxyl groups is 1. The number of carbonyl (C=O) groups excluding carboxylic acids is 2. The highest BCUT2D eigenvalue weighted by atomic mass is 16.5. The van der Waals surface area contributed by atoms with E-state index in [1.165, 1.54) is 12.1 Å². The molecule has 1 amide bonds. The Bertz CT molecular complexity index is 1100. The van der Waals surface area contributed by atoms with Crippen molar-refractivity contribution in [3.05, 3.63) is 64.7 Å². The summed E-state index contributed by atoms with van der Waals surface area (Å²) < 4.78 is 5.75. The monoisotopic (exact) mass is 464 g/mol. The van der Waals surface area contributed by atoms with Crippen LogP contribution < -0.4 is 4.74 Å². The molecule has 2 aromatic carbocycles. The summed E-state index contributed by atoms with van der Waals surface area (Å²) in [5.74, 6) is -0.628. The standard InChI is InChI=1S/C27H32N2O5/c1-4-28(5-2)13-6-14-29-24(18-7-10-21(30)11-8-18)23(26(32)27(29)33)25(31)19-9-12-22-20(16-19)15-17(3)34-22/h7-12,16-17,24,30-31H,4-6,13-15H2,1-3H3/b25-23+/t17-,24+/m1/s1. The number of hydrogen-bond acceptors (Lipinski definition) is 6. The Morgan fingerprint density at radius 3 is 2.50 bits per heavy atom. The van der Waals surface area contributed by atoms with Gasteiger partial charge in [0.2, 0.25) is 0 Å². The number of fused-ring (bicyclic) bond motifs is 1. The molecular weight excluding hydrogens is 432 g/mol. The van der Waals surface area contributed by atoms with Gasteiger partial charge in [-0.2, -0.15) is 0 Å². The van der Waals surface area contributed by atoms with Gasteiger partial charge in [0.1, 0.15) is 23.4 Å². The maximum Gasteiger partial charge on any atom is 0.295 e. The second-order valence-corrected chi connectivity index (χ2v) is 8.92. The van der Waals surface area contributed by atoms with E-state index in [2.05, 4.69) is 18.7 Å². The first-order chi connectivity index (χ1) is 16.3. The van der Waals surface area contributed by atoms with Crippen LogP contribution in [0.5, 0.6) is 11.5 Å². The lowest BCUT2D eigenvalue weighted by Gasteiger charge is -2.26. The maximum atomic E-state index is 13.2. The molecule has 2 heterocycles. The molecule has 180 valence electrons. The fourth-order valence-corrected chi connectivity index (χ4v) is 4.84. The first-order valence-corrected chi connectivity index (χ1v) is 11.9. The zero-order valence-corrected chi connectivity index (χ0v) is 20.0. The molecular formula is C27H32N2O5. The summed E-state index contributed by atoms with van der Waals surface area (Å²) >= 11 is 0. The number of aliphatic hydroxyl groups is 1. The predicted octanol–water partition coefficient (Wildman–Crippen LogP) is 3.87. The van der Waals surface area contributed by atoms with Crippen molar-refractivity contribution >= 4 is 17.4 Å². The van der Waals surface area contributed by atoms with E-state index in [1.54, 1.807) is 29.2 Å². The Morgan fingerprint density at radius 2 is 1.82 bits per heavy atom. The molecule has 2 atom stereocenters. The molecule has 2 aliphatic rings. The number of benzene rings is 2. The van der Waals surface area contributed by atoms with Gasteiger partial charge in [-0.3, -0.25) is 9.59 Å². The smallest absolute Gasteiger partial charge is 0.295 e. The highest BCUT2D eigenvalue weighted by molar-refractivity contribution is 6.46. The number of aliphatic hydroxyl groups excluding tert-OH is 1. The zero-order valence-electron chi connectivity index (χ0n) is 20.0. The lowest BCUT2D eigenvalue weighted by molar-refractivity contribution is -0.140. The molecule has 2 aromatic rings. The molecule has 1 saturated heterocycles. The van der Waals surface area contributed by atoms with Crippen molar-refractivity contribution in [2.75, 3.05) is 26.2 Å². The molecule has 0 bridgehead atoms. The SMILES string of the molecule is CCN(CC)CCCN1C(=O)C(=O)/C(=C(/O)c2ccc3c(c2)C[C@@H](C)O3)[C@@H]1c1ccc(O)cc1. The molecule has 0 unspecified atom stereocenters. The van der Waals surface area contributed by atoms with Gasteiger partial charge in [0.15, 0.2) is 0 Å². The summed E-state index contributed by atoms with van der Waals surface area (Å²) in [6.45, 7) is 9.19. The Balaban J connectivity index is 1.72. The Kier molecular flexibility index (Phi) is 6.93. The van der Waals surface area contributed by atoms with E-state index in [0.29, 0.717) is 24.1 Å². The van der Waals surface area contributed by atoms with Gasteiger partial charge in [-0.1, -0.05) is 26.0 Å². The summed E-state index contributed by atoms with van der Waals surface area (Å²) in [7, 11) is 0. The van der Waals surface area contributed by atoms with E-state index in [4.69, 9.17) is 4.74 Å². The number of rotatable bonds is 8. The van der Waals surface area contributed by atoms with E-state index in [-0.39, 0.29) is 23.2 Å². The second-order valence-electron chi connectivity index (χ2n) is 8.92. The van der Waals surface area contributed by atoms with Gasteiger partial charge in [-0.15, -0.1) is 0 Å². The topological polar surface area (TPSA) is 90.3 Å². The van der Waals surface area contributed by atoms with Crippen molar-refractivity contribution in [3.8, 4) is 11.5 Å². The van der Waals surface area contributed by atoms with Crippen molar-refractivity contribution in [2.24, 2.45) is 0 Å². The normalized spacial score (nSPS) is 21.2. The summed E-state index contributed by atoms with van der Waals surface area (Å²) in [6, 6.07) is 11.1. The van der Waals surface area contributed by atoms with Gasteiger partial charge in [0, 0.05) is 18.5 Å². The van der Waals surface area contributed by atoms with Crippen molar-refractivity contribution in [3.63, 3.8) is 0 Å². The highest BCUT2D eigenvalue weighted by Crippen LogP contribution is 2.41. The van der Waals surface area contributed by atoms with E-state index in [1.807, 2.05) is 13.0 Å². The van der Waals surface area contributed by atoms with Crippen LogP contribution in [-0.2, 0) is 16.0 Å². The number of carbonyl (C=O) groups is 2. The predicted molar refractivity (Wildman–Crippen MR) is 130 cm³/mol. The number of amides is 1. The van der Waals surface area contributed by atoms with Gasteiger partial charge in [0.05, 0.1) is 11.6 Å². The van der Waals surface area contributed by atoms with Crippen LogP contribution in [0.2, 0.25) is 0 Å². The molecule has 0 saturated carbocycles. The van der Waals surface area contributed by atoms with Crippen LogP contribution in [0.25, 0.3) is 5.76 Å². The molecule has 1 fully saturated rings. The molecule has 34 heavy (non-hydrogen) atoms. The molecule has 0 aromatic heterocycles. The first-order valence-electron chi connectivity index (χ1n) is 11.9. The van der Waals surface area contributed by atoms with E-state index in [9.17, 15) is 19.8 Å². The Morgan fingerprint density at radius 1 is 1.12 bits per heavy atom. The van der Waals surface area contributed by atoms with Crippen LogP contribution in [0.1, 0.15) is 49.9 Å². The quantitative estimate of drug-likeness (QED) is 0.350.